The standard InChI is InChI=1S/C39H38F2N2O8/c40-28-9-5-25(6-10-28)33(45)18-17-32-36(43(37(32)47)30-13-11-29(41)12-14-30)27-3-1-24(2-4-27)19-20-39(22-50-23-39)51-21-34(46)42-35(38(48)49)26-7-15-31(44)16-8-26/h1-16,32-33,35-36,44-45H,17-23H2,(H,42,46)(H,48,49)/t32-,33?,35?,36?/m1/s1. The highest BCUT2D eigenvalue weighted by Crippen LogP contribution is 2.46. The number of aryl methyl sites for hydroxylation is 1. The van der Waals surface area contributed by atoms with Gasteiger partial charge in [0.15, 0.2) is 6.04 Å². The molecule has 0 saturated carbocycles. The Balaban J connectivity index is 1.08. The first-order valence-corrected chi connectivity index (χ1v) is 16.7. The summed E-state index contributed by atoms with van der Waals surface area (Å²) in [6.45, 7) is 0.193. The number of amides is 2. The Labute approximate surface area is 293 Å². The largest absolute Gasteiger partial charge is 0.508 e. The predicted molar refractivity (Wildman–Crippen MR) is 182 cm³/mol. The van der Waals surface area contributed by atoms with Crippen molar-refractivity contribution < 1.29 is 48.0 Å². The molecule has 0 radical (unpaired) electrons. The number of hydrogen-bond donors (Lipinski definition) is 4. The maximum Gasteiger partial charge on any atom is 0.330 e. The van der Waals surface area contributed by atoms with Gasteiger partial charge in [0.25, 0.3) is 0 Å². The minimum absolute atomic E-state index is 0.0239. The number of ether oxygens (including phenoxy) is 2. The van der Waals surface area contributed by atoms with E-state index in [-0.39, 0.29) is 37.5 Å². The van der Waals surface area contributed by atoms with E-state index in [2.05, 4.69) is 5.32 Å². The van der Waals surface area contributed by atoms with E-state index in [9.17, 15) is 38.5 Å². The van der Waals surface area contributed by atoms with Crippen LogP contribution in [-0.4, -0.2) is 58.5 Å². The number of carbonyl (C=O) groups is 3. The number of nitrogens with one attached hydrogen (secondary N) is 1. The molecule has 2 aliphatic heterocycles. The number of β-lactam (4-membered cyclic amide) rings is 1. The molecule has 2 heterocycles. The first-order valence-electron chi connectivity index (χ1n) is 16.7. The van der Waals surface area contributed by atoms with Crippen molar-refractivity contribution in [3.8, 4) is 5.75 Å². The fraction of sp³-hybridized carbons (Fsp3) is 0.308. The van der Waals surface area contributed by atoms with Gasteiger partial charge in [-0.3, -0.25) is 9.59 Å². The summed E-state index contributed by atoms with van der Waals surface area (Å²) >= 11 is 0. The number of halogens is 2. The van der Waals surface area contributed by atoms with Gasteiger partial charge in [0, 0.05) is 5.69 Å². The molecular formula is C39H38F2N2O8. The first-order chi connectivity index (χ1) is 24.5. The van der Waals surface area contributed by atoms with Gasteiger partial charge in [-0.1, -0.05) is 48.5 Å². The van der Waals surface area contributed by atoms with Crippen LogP contribution in [0.1, 0.15) is 59.7 Å². The molecule has 266 valence electrons. The molecule has 12 heteroatoms. The third kappa shape index (κ3) is 8.25. The molecule has 4 aromatic carbocycles. The Bertz CT molecular complexity index is 1830. The minimum atomic E-state index is -1.31. The number of anilines is 1. The van der Waals surface area contributed by atoms with Crippen molar-refractivity contribution in [1.82, 2.24) is 5.32 Å². The summed E-state index contributed by atoms with van der Waals surface area (Å²) in [5, 5.41) is 32.3. The number of phenolic OH excluding ortho intramolecular Hbond substituents is 1. The summed E-state index contributed by atoms with van der Waals surface area (Å²) in [5.74, 6) is -3.25. The molecule has 4 N–H and O–H groups in total. The van der Waals surface area contributed by atoms with Crippen LogP contribution in [0.2, 0.25) is 0 Å². The van der Waals surface area contributed by atoms with Crippen molar-refractivity contribution in [2.75, 3.05) is 24.7 Å². The van der Waals surface area contributed by atoms with Crippen molar-refractivity contribution in [2.24, 2.45) is 5.92 Å². The number of carboxylic acids is 1. The monoisotopic (exact) mass is 700 g/mol. The Morgan fingerprint density at radius 1 is 0.902 bits per heavy atom. The van der Waals surface area contributed by atoms with Crippen molar-refractivity contribution >= 4 is 23.5 Å². The highest BCUT2D eigenvalue weighted by molar-refractivity contribution is 6.03. The molecule has 2 saturated heterocycles. The SMILES string of the molecule is O=C(COC1(CCc2ccc(C3[C@@H](CCC(O)c4ccc(F)cc4)C(=O)N3c3ccc(F)cc3)cc2)COC1)NC(C(=O)O)c1ccc(O)cc1. The van der Waals surface area contributed by atoms with Crippen molar-refractivity contribution in [3.63, 3.8) is 0 Å². The highest BCUT2D eigenvalue weighted by Gasteiger charge is 2.48. The van der Waals surface area contributed by atoms with E-state index < -0.39 is 47.2 Å². The van der Waals surface area contributed by atoms with Gasteiger partial charge >= 0.3 is 5.97 Å². The second kappa shape index (κ2) is 15.4. The fourth-order valence-corrected chi connectivity index (χ4v) is 6.55. The molecule has 0 bridgehead atoms. The molecule has 0 spiro atoms. The summed E-state index contributed by atoms with van der Waals surface area (Å²) in [6, 6.07) is 23.0. The normalized spacial score (nSPS) is 19.0. The number of hydrogen-bond acceptors (Lipinski definition) is 7. The average Bonchev–Trinajstić information content (AvgIpc) is 3.10. The van der Waals surface area contributed by atoms with Crippen LogP contribution < -0.4 is 10.2 Å². The summed E-state index contributed by atoms with van der Waals surface area (Å²) in [6.07, 6.45) is 0.943. The zero-order valence-electron chi connectivity index (χ0n) is 27.6. The number of phenols is 1. The molecule has 6 rings (SSSR count). The van der Waals surface area contributed by atoms with E-state index in [1.807, 2.05) is 24.3 Å². The topological polar surface area (TPSA) is 146 Å². The van der Waals surface area contributed by atoms with E-state index >= 15 is 0 Å². The molecule has 2 aliphatic rings. The molecule has 3 unspecified atom stereocenters. The maximum atomic E-state index is 13.7. The molecule has 51 heavy (non-hydrogen) atoms. The second-order valence-electron chi connectivity index (χ2n) is 13.0. The van der Waals surface area contributed by atoms with Crippen LogP contribution in [0.15, 0.2) is 97.1 Å². The van der Waals surface area contributed by atoms with Gasteiger partial charge in [-0.15, -0.1) is 0 Å². The van der Waals surface area contributed by atoms with E-state index in [0.29, 0.717) is 42.5 Å². The summed E-state index contributed by atoms with van der Waals surface area (Å²) in [7, 11) is 0. The van der Waals surface area contributed by atoms with Gasteiger partial charge in [0.2, 0.25) is 11.8 Å². The lowest BCUT2D eigenvalue weighted by Gasteiger charge is -2.48. The number of aliphatic carboxylic acids is 1. The summed E-state index contributed by atoms with van der Waals surface area (Å²) < 4.78 is 38.5. The number of benzene rings is 4. The van der Waals surface area contributed by atoms with Gasteiger partial charge in [-0.25, -0.2) is 13.6 Å². The number of carboxylic acid groups (broad SMARTS) is 1. The lowest BCUT2D eigenvalue weighted by atomic mass is 9.78. The van der Waals surface area contributed by atoms with Gasteiger partial charge in [-0.05, 0) is 96.5 Å². The first kappa shape index (κ1) is 35.6. The van der Waals surface area contributed by atoms with Crippen LogP contribution in [0.5, 0.6) is 5.75 Å². The number of nitrogens with zero attached hydrogens (tertiary/aromatic N) is 1. The Hall–Kier alpha value is -5.17. The third-order valence-corrected chi connectivity index (χ3v) is 9.53. The highest BCUT2D eigenvalue weighted by atomic mass is 19.1. The molecule has 2 fully saturated rings. The van der Waals surface area contributed by atoms with Crippen LogP contribution in [-0.2, 0) is 30.3 Å². The van der Waals surface area contributed by atoms with Gasteiger partial charge in [0.05, 0.1) is 31.3 Å². The van der Waals surface area contributed by atoms with Crippen molar-refractivity contribution in [3.05, 3.63) is 131 Å². The minimum Gasteiger partial charge on any atom is -0.508 e. The van der Waals surface area contributed by atoms with E-state index in [1.54, 1.807) is 17.0 Å². The maximum absolute atomic E-state index is 13.7. The van der Waals surface area contributed by atoms with E-state index in [1.165, 1.54) is 60.7 Å². The van der Waals surface area contributed by atoms with Crippen LogP contribution in [0.25, 0.3) is 0 Å². The van der Waals surface area contributed by atoms with Gasteiger partial charge < -0.3 is 35.0 Å². The quantitative estimate of drug-likeness (QED) is 0.118. The van der Waals surface area contributed by atoms with Gasteiger partial charge in [-0.2, -0.15) is 0 Å². The smallest absolute Gasteiger partial charge is 0.330 e. The summed E-state index contributed by atoms with van der Waals surface area (Å²) in [4.78, 5) is 39.6. The van der Waals surface area contributed by atoms with Crippen LogP contribution >= 0.6 is 0 Å². The Morgan fingerprint density at radius 2 is 1.51 bits per heavy atom. The molecule has 4 atom stereocenters. The Kier molecular flexibility index (Phi) is 10.8. The Morgan fingerprint density at radius 3 is 2.10 bits per heavy atom. The lowest BCUT2D eigenvalue weighted by Crippen LogP contribution is -2.55. The average molecular weight is 701 g/mol. The van der Waals surface area contributed by atoms with Crippen LogP contribution in [0.4, 0.5) is 14.5 Å². The van der Waals surface area contributed by atoms with Crippen molar-refractivity contribution in [2.45, 2.75) is 49.5 Å². The second-order valence-corrected chi connectivity index (χ2v) is 13.0. The summed E-state index contributed by atoms with van der Waals surface area (Å²) in [5.41, 5.74) is 2.58. The van der Waals surface area contributed by atoms with E-state index in [4.69, 9.17) is 9.47 Å². The fourth-order valence-electron chi connectivity index (χ4n) is 6.55. The molecule has 4 aromatic rings. The molecule has 2 amide bonds. The molecule has 0 aromatic heterocycles. The zero-order valence-corrected chi connectivity index (χ0v) is 27.6. The molecular weight excluding hydrogens is 662 g/mol. The zero-order chi connectivity index (χ0) is 36.1. The van der Waals surface area contributed by atoms with Crippen LogP contribution in [0.3, 0.4) is 0 Å². The van der Waals surface area contributed by atoms with E-state index in [0.717, 1.165) is 11.1 Å². The number of carbonyl (C=O) groups excluding carboxylic acids is 2. The van der Waals surface area contributed by atoms with Gasteiger partial charge in [0.1, 0.15) is 29.6 Å². The third-order valence-electron chi connectivity index (χ3n) is 9.53. The number of rotatable bonds is 15. The van der Waals surface area contributed by atoms with Crippen molar-refractivity contribution in [1.29, 1.82) is 0 Å². The van der Waals surface area contributed by atoms with Crippen LogP contribution in [0, 0.1) is 17.6 Å². The lowest BCUT2D eigenvalue weighted by molar-refractivity contribution is -0.212. The number of aromatic hydroxyl groups is 1. The number of aliphatic hydroxyl groups is 1. The number of aliphatic hydroxyl groups excluding tert-OH is 1. The predicted octanol–water partition coefficient (Wildman–Crippen LogP) is 5.55. The molecule has 10 nitrogen and oxygen atoms in total. The molecule has 0 aliphatic carbocycles.